The minimum Gasteiger partial charge on any atom is -0.383 e. The Bertz CT molecular complexity index is 587. The van der Waals surface area contributed by atoms with E-state index in [0.29, 0.717) is 19.1 Å². The molecule has 1 aromatic heterocycles. The Hall–Kier alpha value is -1.44. The van der Waals surface area contributed by atoms with Crippen molar-refractivity contribution >= 4 is 5.91 Å². The van der Waals surface area contributed by atoms with Crippen molar-refractivity contribution in [3.63, 3.8) is 0 Å². The lowest BCUT2D eigenvalue weighted by molar-refractivity contribution is -0.130. The Balaban J connectivity index is 2.05. The maximum atomic E-state index is 12.8. The zero-order valence-electron chi connectivity index (χ0n) is 17.6. The molecule has 27 heavy (non-hydrogen) atoms. The van der Waals surface area contributed by atoms with Crippen molar-refractivity contribution < 1.29 is 9.53 Å². The van der Waals surface area contributed by atoms with Crippen LogP contribution in [0.1, 0.15) is 50.3 Å². The minimum atomic E-state index is -0.000299. The fourth-order valence-corrected chi connectivity index (χ4v) is 4.03. The standard InChI is InChI=1S/C20H37N5O2/c1-20(2)7-6-15(12-17(20)19(26)22-9-11-27-5)18-16(13-23-24-18)14-25(4)10-8-21-3/h13,15,17,21H,6-12,14H2,1-5H3,(H,22,26)(H,23,24)/t15-,17-/m1/s1. The average Bonchev–Trinajstić information content (AvgIpc) is 3.07. The van der Waals surface area contributed by atoms with Crippen LogP contribution in [0.2, 0.25) is 0 Å². The van der Waals surface area contributed by atoms with E-state index >= 15 is 0 Å². The van der Waals surface area contributed by atoms with E-state index in [0.717, 1.165) is 44.6 Å². The highest BCUT2D eigenvalue weighted by atomic mass is 16.5. The van der Waals surface area contributed by atoms with E-state index in [2.05, 4.69) is 46.6 Å². The van der Waals surface area contributed by atoms with E-state index in [9.17, 15) is 4.79 Å². The van der Waals surface area contributed by atoms with Crippen LogP contribution < -0.4 is 10.6 Å². The van der Waals surface area contributed by atoms with Crippen LogP contribution in [-0.2, 0) is 16.1 Å². The van der Waals surface area contributed by atoms with Crippen LogP contribution in [0.5, 0.6) is 0 Å². The van der Waals surface area contributed by atoms with Crippen molar-refractivity contribution in [1.82, 2.24) is 25.7 Å². The SMILES string of the molecule is CNCCN(C)Cc1c[nH]nc1[C@@H]1CCC(C)(C)[C@@H](C(=O)NCCOC)C1. The smallest absolute Gasteiger partial charge is 0.223 e. The van der Waals surface area contributed by atoms with E-state index < -0.39 is 0 Å². The van der Waals surface area contributed by atoms with E-state index in [1.807, 2.05) is 13.2 Å². The van der Waals surface area contributed by atoms with E-state index in [-0.39, 0.29) is 17.2 Å². The predicted molar refractivity (Wildman–Crippen MR) is 108 cm³/mol. The van der Waals surface area contributed by atoms with Crippen molar-refractivity contribution in [1.29, 1.82) is 0 Å². The Kier molecular flexibility index (Phi) is 8.26. The quantitative estimate of drug-likeness (QED) is 0.540. The van der Waals surface area contributed by atoms with Crippen LogP contribution >= 0.6 is 0 Å². The van der Waals surface area contributed by atoms with Gasteiger partial charge in [-0.15, -0.1) is 0 Å². The molecule has 3 N–H and O–H groups in total. The summed E-state index contributed by atoms with van der Waals surface area (Å²) in [6.07, 6.45) is 4.97. The zero-order chi connectivity index (χ0) is 19.9. The number of carbonyl (C=O) groups excluding carboxylic acids is 1. The number of rotatable bonds is 10. The van der Waals surface area contributed by atoms with Gasteiger partial charge < -0.3 is 20.3 Å². The number of aromatic nitrogens is 2. The van der Waals surface area contributed by atoms with Gasteiger partial charge in [-0.3, -0.25) is 9.89 Å². The second kappa shape index (κ2) is 10.2. The number of aromatic amines is 1. The van der Waals surface area contributed by atoms with E-state index in [4.69, 9.17) is 4.74 Å². The molecule has 1 amide bonds. The van der Waals surface area contributed by atoms with Crippen LogP contribution in [0.25, 0.3) is 0 Å². The predicted octanol–water partition coefficient (Wildman–Crippen LogP) is 1.73. The average molecular weight is 380 g/mol. The first-order valence-electron chi connectivity index (χ1n) is 10.0. The number of ether oxygens (including phenoxy) is 1. The molecule has 1 aliphatic rings. The Morgan fingerprint density at radius 2 is 2.22 bits per heavy atom. The molecule has 0 unspecified atom stereocenters. The van der Waals surface area contributed by atoms with Gasteiger partial charge in [-0.05, 0) is 38.8 Å². The fraction of sp³-hybridized carbons (Fsp3) is 0.800. The maximum Gasteiger partial charge on any atom is 0.223 e. The summed E-state index contributed by atoms with van der Waals surface area (Å²) in [6.45, 7) is 8.36. The van der Waals surface area contributed by atoms with Gasteiger partial charge in [0.2, 0.25) is 5.91 Å². The molecule has 0 bridgehead atoms. The number of amides is 1. The first kappa shape index (κ1) is 21.9. The van der Waals surface area contributed by atoms with Crippen LogP contribution in [0.15, 0.2) is 6.20 Å². The third-order valence-electron chi connectivity index (χ3n) is 5.85. The lowest BCUT2D eigenvalue weighted by Gasteiger charge is -2.41. The summed E-state index contributed by atoms with van der Waals surface area (Å²) in [7, 11) is 5.75. The van der Waals surface area contributed by atoms with Gasteiger partial charge in [-0.2, -0.15) is 5.10 Å². The molecular formula is C20H37N5O2. The van der Waals surface area contributed by atoms with Crippen LogP contribution in [0.4, 0.5) is 0 Å². The lowest BCUT2D eigenvalue weighted by Crippen LogP contribution is -2.43. The van der Waals surface area contributed by atoms with Gasteiger partial charge in [-0.1, -0.05) is 13.8 Å². The Morgan fingerprint density at radius 1 is 1.44 bits per heavy atom. The molecule has 0 aromatic carbocycles. The lowest BCUT2D eigenvalue weighted by atomic mass is 9.64. The molecule has 0 saturated heterocycles. The molecule has 1 saturated carbocycles. The third-order valence-corrected chi connectivity index (χ3v) is 5.85. The maximum absolute atomic E-state index is 12.8. The number of likely N-dealkylation sites (N-methyl/N-ethyl adjacent to an activating group) is 2. The van der Waals surface area contributed by atoms with Gasteiger partial charge in [0, 0.05) is 56.9 Å². The molecule has 1 heterocycles. The van der Waals surface area contributed by atoms with Crippen LogP contribution in [0.3, 0.4) is 0 Å². The Labute approximate surface area is 163 Å². The summed E-state index contributed by atoms with van der Waals surface area (Å²) < 4.78 is 5.05. The summed E-state index contributed by atoms with van der Waals surface area (Å²) in [6, 6.07) is 0. The molecule has 0 radical (unpaired) electrons. The van der Waals surface area contributed by atoms with Crippen molar-refractivity contribution in [2.75, 3.05) is 47.4 Å². The molecule has 0 aliphatic heterocycles. The number of hydrogen-bond acceptors (Lipinski definition) is 5. The Morgan fingerprint density at radius 3 is 2.93 bits per heavy atom. The highest BCUT2D eigenvalue weighted by molar-refractivity contribution is 5.79. The van der Waals surface area contributed by atoms with Gasteiger partial charge in [0.25, 0.3) is 0 Å². The first-order valence-corrected chi connectivity index (χ1v) is 10.0. The summed E-state index contributed by atoms with van der Waals surface area (Å²) in [5, 5.41) is 13.8. The fourth-order valence-electron chi connectivity index (χ4n) is 4.03. The topological polar surface area (TPSA) is 82.3 Å². The molecule has 2 atom stereocenters. The normalized spacial score (nSPS) is 22.1. The first-order chi connectivity index (χ1) is 12.9. The second-order valence-electron chi connectivity index (χ2n) is 8.43. The summed E-state index contributed by atoms with van der Waals surface area (Å²) in [5.41, 5.74) is 2.39. The number of carbonyl (C=O) groups is 1. The van der Waals surface area contributed by atoms with Gasteiger partial charge in [0.1, 0.15) is 0 Å². The summed E-state index contributed by atoms with van der Waals surface area (Å²) in [5.74, 6) is 0.472. The van der Waals surface area contributed by atoms with E-state index in [1.54, 1.807) is 7.11 Å². The summed E-state index contributed by atoms with van der Waals surface area (Å²) >= 11 is 0. The minimum absolute atomic E-state index is 0.000299. The number of hydrogen-bond donors (Lipinski definition) is 3. The molecule has 1 fully saturated rings. The van der Waals surface area contributed by atoms with Crippen LogP contribution in [-0.4, -0.2) is 68.5 Å². The number of methoxy groups -OCH3 is 1. The molecule has 0 spiro atoms. The number of nitrogens with one attached hydrogen (secondary N) is 3. The van der Waals surface area contributed by atoms with Gasteiger partial charge >= 0.3 is 0 Å². The highest BCUT2D eigenvalue weighted by Crippen LogP contribution is 2.47. The van der Waals surface area contributed by atoms with Crippen molar-refractivity contribution in [2.45, 2.75) is 45.6 Å². The molecular weight excluding hydrogens is 342 g/mol. The molecule has 2 rings (SSSR count). The van der Waals surface area contributed by atoms with Crippen LogP contribution in [0, 0.1) is 11.3 Å². The van der Waals surface area contributed by atoms with Gasteiger partial charge in [0.15, 0.2) is 0 Å². The van der Waals surface area contributed by atoms with Crippen molar-refractivity contribution in [3.8, 4) is 0 Å². The zero-order valence-corrected chi connectivity index (χ0v) is 17.6. The molecule has 7 heteroatoms. The highest BCUT2D eigenvalue weighted by Gasteiger charge is 2.42. The van der Waals surface area contributed by atoms with Gasteiger partial charge in [-0.25, -0.2) is 0 Å². The summed E-state index contributed by atoms with van der Waals surface area (Å²) in [4.78, 5) is 15.1. The number of H-pyrrole nitrogens is 1. The van der Waals surface area contributed by atoms with Crippen molar-refractivity contribution in [2.24, 2.45) is 11.3 Å². The largest absolute Gasteiger partial charge is 0.383 e. The number of nitrogens with zero attached hydrogens (tertiary/aromatic N) is 2. The second-order valence-corrected chi connectivity index (χ2v) is 8.43. The monoisotopic (exact) mass is 379 g/mol. The molecule has 1 aromatic rings. The van der Waals surface area contributed by atoms with Gasteiger partial charge in [0.05, 0.1) is 12.3 Å². The molecule has 1 aliphatic carbocycles. The van der Waals surface area contributed by atoms with Crippen molar-refractivity contribution in [3.05, 3.63) is 17.5 Å². The molecule has 7 nitrogen and oxygen atoms in total. The van der Waals surface area contributed by atoms with E-state index in [1.165, 1.54) is 5.56 Å². The third kappa shape index (κ3) is 6.02. The molecule has 154 valence electrons.